The number of carbonyl (C=O) groups excluding carboxylic acids is 1. The molecule has 0 heterocycles. The molecule has 1 aromatic rings. The van der Waals surface area contributed by atoms with Crippen molar-refractivity contribution in [2.75, 3.05) is 6.61 Å². The van der Waals surface area contributed by atoms with Crippen LogP contribution in [0.2, 0.25) is 0 Å². The molecule has 102 valence electrons. The Hall–Kier alpha value is -1.81. The second-order valence-electron chi connectivity index (χ2n) is 4.44. The topological polar surface area (TPSA) is 47.6 Å². The van der Waals surface area contributed by atoms with Crippen LogP contribution in [-0.2, 0) is 9.53 Å². The monoisotopic (exact) mass is 261 g/mol. The SMILES string of the molecule is C=CC(=O)N[C@@H]1C[C@H](OCC)[C@H]1Oc1ccccc1. The van der Waals surface area contributed by atoms with Crippen molar-refractivity contribution in [1.82, 2.24) is 5.32 Å². The van der Waals surface area contributed by atoms with Crippen molar-refractivity contribution in [3.63, 3.8) is 0 Å². The third kappa shape index (κ3) is 3.35. The first-order chi connectivity index (χ1) is 9.24. The number of para-hydroxylation sites is 1. The van der Waals surface area contributed by atoms with Gasteiger partial charge in [-0.25, -0.2) is 0 Å². The summed E-state index contributed by atoms with van der Waals surface area (Å²) in [6.45, 7) is 6.05. The van der Waals surface area contributed by atoms with E-state index < -0.39 is 0 Å². The van der Waals surface area contributed by atoms with Crippen molar-refractivity contribution in [2.24, 2.45) is 0 Å². The Bertz CT molecular complexity index is 432. The molecule has 1 saturated carbocycles. The van der Waals surface area contributed by atoms with Gasteiger partial charge in [-0.3, -0.25) is 4.79 Å². The summed E-state index contributed by atoms with van der Waals surface area (Å²) in [5, 5.41) is 2.86. The molecule has 1 aliphatic carbocycles. The van der Waals surface area contributed by atoms with Crippen molar-refractivity contribution in [3.8, 4) is 5.75 Å². The van der Waals surface area contributed by atoms with Gasteiger partial charge < -0.3 is 14.8 Å². The van der Waals surface area contributed by atoms with Gasteiger partial charge in [0.25, 0.3) is 0 Å². The summed E-state index contributed by atoms with van der Waals surface area (Å²) in [7, 11) is 0. The van der Waals surface area contributed by atoms with Gasteiger partial charge in [-0.2, -0.15) is 0 Å². The summed E-state index contributed by atoms with van der Waals surface area (Å²) in [5.41, 5.74) is 0. The number of ether oxygens (including phenoxy) is 2. The number of nitrogens with one attached hydrogen (secondary N) is 1. The summed E-state index contributed by atoms with van der Waals surface area (Å²) in [6.07, 6.45) is 1.92. The first kappa shape index (κ1) is 13.6. The standard InChI is InChI=1S/C15H19NO3/c1-3-14(17)16-12-10-13(18-4-2)15(12)19-11-8-6-5-7-9-11/h3,5-9,12-13,15H,1,4,10H2,2H3,(H,16,17)/t12-,13+,15+/m1/s1. The van der Waals surface area contributed by atoms with E-state index in [2.05, 4.69) is 11.9 Å². The molecule has 0 saturated heterocycles. The van der Waals surface area contributed by atoms with E-state index in [1.807, 2.05) is 37.3 Å². The average molecular weight is 261 g/mol. The highest BCUT2D eigenvalue weighted by Gasteiger charge is 2.44. The van der Waals surface area contributed by atoms with Gasteiger partial charge in [0.05, 0.1) is 12.1 Å². The van der Waals surface area contributed by atoms with E-state index in [0.29, 0.717) is 6.61 Å². The molecule has 1 amide bonds. The summed E-state index contributed by atoms with van der Waals surface area (Å²) in [5.74, 6) is 0.608. The second kappa shape index (κ2) is 6.38. The number of hydrogen-bond acceptors (Lipinski definition) is 3. The molecule has 4 heteroatoms. The van der Waals surface area contributed by atoms with Crippen LogP contribution < -0.4 is 10.1 Å². The Morgan fingerprint density at radius 3 is 2.84 bits per heavy atom. The summed E-state index contributed by atoms with van der Waals surface area (Å²) < 4.78 is 11.5. The smallest absolute Gasteiger partial charge is 0.243 e. The first-order valence-electron chi connectivity index (χ1n) is 6.50. The number of carbonyl (C=O) groups is 1. The van der Waals surface area contributed by atoms with Crippen LogP contribution in [0.4, 0.5) is 0 Å². The van der Waals surface area contributed by atoms with Crippen molar-refractivity contribution in [2.45, 2.75) is 31.6 Å². The van der Waals surface area contributed by atoms with E-state index in [9.17, 15) is 4.79 Å². The fourth-order valence-corrected chi connectivity index (χ4v) is 2.16. The predicted octanol–water partition coefficient (Wildman–Crippen LogP) is 1.91. The van der Waals surface area contributed by atoms with Crippen LogP contribution in [0.15, 0.2) is 43.0 Å². The van der Waals surface area contributed by atoms with Crippen LogP contribution in [0.1, 0.15) is 13.3 Å². The molecule has 0 spiro atoms. The molecule has 1 aliphatic rings. The van der Waals surface area contributed by atoms with Crippen LogP contribution >= 0.6 is 0 Å². The Balaban J connectivity index is 1.98. The Morgan fingerprint density at radius 1 is 1.47 bits per heavy atom. The number of rotatable bonds is 6. The fraction of sp³-hybridized carbons (Fsp3) is 0.400. The van der Waals surface area contributed by atoms with Gasteiger partial charge in [0, 0.05) is 13.0 Å². The summed E-state index contributed by atoms with van der Waals surface area (Å²) >= 11 is 0. The van der Waals surface area contributed by atoms with E-state index >= 15 is 0 Å². The number of hydrogen-bond donors (Lipinski definition) is 1. The molecule has 1 N–H and O–H groups in total. The van der Waals surface area contributed by atoms with Gasteiger partial charge >= 0.3 is 0 Å². The van der Waals surface area contributed by atoms with Crippen LogP contribution in [0, 0.1) is 0 Å². The highest BCUT2D eigenvalue weighted by molar-refractivity contribution is 5.87. The molecular formula is C15H19NO3. The minimum Gasteiger partial charge on any atom is -0.486 e. The van der Waals surface area contributed by atoms with Crippen LogP contribution in [0.3, 0.4) is 0 Å². The first-order valence-corrected chi connectivity index (χ1v) is 6.50. The normalized spacial score (nSPS) is 25.2. The summed E-state index contributed by atoms with van der Waals surface area (Å²) in [4.78, 5) is 11.4. The lowest BCUT2D eigenvalue weighted by Crippen LogP contribution is -2.62. The lowest BCUT2D eigenvalue weighted by Gasteiger charge is -2.43. The van der Waals surface area contributed by atoms with E-state index in [1.165, 1.54) is 6.08 Å². The maximum absolute atomic E-state index is 11.4. The van der Waals surface area contributed by atoms with Crippen molar-refractivity contribution in [1.29, 1.82) is 0 Å². The van der Waals surface area contributed by atoms with Gasteiger partial charge in [-0.1, -0.05) is 24.8 Å². The number of benzene rings is 1. The average Bonchev–Trinajstić information content (AvgIpc) is 2.44. The Labute approximate surface area is 113 Å². The van der Waals surface area contributed by atoms with Crippen LogP contribution in [-0.4, -0.2) is 30.8 Å². The van der Waals surface area contributed by atoms with Gasteiger partial charge in [0.15, 0.2) is 0 Å². The lowest BCUT2D eigenvalue weighted by molar-refractivity contribution is -0.128. The molecule has 0 unspecified atom stereocenters. The van der Waals surface area contributed by atoms with E-state index in [0.717, 1.165) is 12.2 Å². The molecule has 3 atom stereocenters. The van der Waals surface area contributed by atoms with E-state index in [4.69, 9.17) is 9.47 Å². The molecule has 0 bridgehead atoms. The third-order valence-electron chi connectivity index (χ3n) is 3.16. The van der Waals surface area contributed by atoms with E-state index in [1.54, 1.807) is 0 Å². The van der Waals surface area contributed by atoms with Crippen molar-refractivity contribution >= 4 is 5.91 Å². The molecule has 4 nitrogen and oxygen atoms in total. The lowest BCUT2D eigenvalue weighted by atomic mass is 9.85. The molecule has 19 heavy (non-hydrogen) atoms. The van der Waals surface area contributed by atoms with Gasteiger partial charge in [-0.05, 0) is 25.1 Å². The van der Waals surface area contributed by atoms with Crippen molar-refractivity contribution in [3.05, 3.63) is 43.0 Å². The van der Waals surface area contributed by atoms with Crippen molar-refractivity contribution < 1.29 is 14.3 Å². The largest absolute Gasteiger partial charge is 0.486 e. The highest BCUT2D eigenvalue weighted by atomic mass is 16.5. The quantitative estimate of drug-likeness (QED) is 0.796. The fourth-order valence-electron chi connectivity index (χ4n) is 2.16. The molecule has 1 fully saturated rings. The molecule has 0 aromatic heterocycles. The maximum Gasteiger partial charge on any atom is 0.243 e. The zero-order valence-corrected chi connectivity index (χ0v) is 11.0. The maximum atomic E-state index is 11.4. The minimum atomic E-state index is -0.179. The zero-order chi connectivity index (χ0) is 13.7. The minimum absolute atomic E-state index is 0.0257. The summed E-state index contributed by atoms with van der Waals surface area (Å²) in [6, 6.07) is 9.54. The van der Waals surface area contributed by atoms with Crippen LogP contribution in [0.5, 0.6) is 5.75 Å². The predicted molar refractivity (Wildman–Crippen MR) is 73.0 cm³/mol. The number of amides is 1. The molecule has 0 aliphatic heterocycles. The Kier molecular flexibility index (Phi) is 4.58. The van der Waals surface area contributed by atoms with Gasteiger partial charge in [-0.15, -0.1) is 0 Å². The zero-order valence-electron chi connectivity index (χ0n) is 11.0. The molecule has 1 aromatic carbocycles. The molecule has 0 radical (unpaired) electrons. The molecule has 2 rings (SSSR count). The second-order valence-corrected chi connectivity index (χ2v) is 4.44. The molecular weight excluding hydrogens is 242 g/mol. The van der Waals surface area contributed by atoms with E-state index in [-0.39, 0.29) is 24.2 Å². The third-order valence-corrected chi connectivity index (χ3v) is 3.16. The van der Waals surface area contributed by atoms with Gasteiger partial charge in [0.1, 0.15) is 11.9 Å². The van der Waals surface area contributed by atoms with Gasteiger partial charge in [0.2, 0.25) is 5.91 Å². The Morgan fingerprint density at radius 2 is 2.21 bits per heavy atom. The highest BCUT2D eigenvalue weighted by Crippen LogP contribution is 2.29. The van der Waals surface area contributed by atoms with Crippen LogP contribution in [0.25, 0.3) is 0 Å².